The third-order valence-electron chi connectivity index (χ3n) is 2.91. The van der Waals surface area contributed by atoms with Crippen molar-refractivity contribution in [2.75, 3.05) is 5.32 Å². The number of carbonyl (C=O) groups is 1. The van der Waals surface area contributed by atoms with Crippen LogP contribution in [0.2, 0.25) is 0 Å². The smallest absolute Gasteiger partial charge is 0.339 e. The Morgan fingerprint density at radius 2 is 2.16 bits per heavy atom. The van der Waals surface area contributed by atoms with Gasteiger partial charge in [0.25, 0.3) is 0 Å². The minimum absolute atomic E-state index is 0.150. The molecule has 0 aliphatic heterocycles. The Balaban J connectivity index is 2.24. The van der Waals surface area contributed by atoms with Crippen molar-refractivity contribution in [1.29, 1.82) is 0 Å². The first-order valence-corrected chi connectivity index (χ1v) is 5.84. The number of rotatable bonds is 4. The molecule has 2 aromatic heterocycles. The zero-order chi connectivity index (χ0) is 14.0. The molecule has 0 aliphatic carbocycles. The molecule has 0 spiro atoms. The molecule has 0 saturated heterocycles. The van der Waals surface area contributed by atoms with Gasteiger partial charge in [-0.05, 0) is 26.8 Å². The predicted octanol–water partition coefficient (Wildman–Crippen LogP) is 2.31. The predicted molar refractivity (Wildman–Crippen MR) is 69.2 cm³/mol. The second-order valence-electron chi connectivity index (χ2n) is 4.33. The first-order valence-electron chi connectivity index (χ1n) is 5.84. The number of anilines is 1. The monoisotopic (exact) mass is 261 g/mol. The maximum atomic E-state index is 11.1. The SMILES string of the molecule is Cc1cc(NCc2c(C)noc2C)c(C(=O)O)cn1. The molecule has 0 amide bonds. The average molecular weight is 261 g/mol. The molecule has 0 aliphatic rings. The number of pyridine rings is 1. The summed E-state index contributed by atoms with van der Waals surface area (Å²) in [5.41, 5.74) is 3.18. The van der Waals surface area contributed by atoms with E-state index in [0.29, 0.717) is 12.2 Å². The summed E-state index contributed by atoms with van der Waals surface area (Å²) in [4.78, 5) is 15.1. The number of aryl methyl sites for hydroxylation is 3. The maximum absolute atomic E-state index is 11.1. The summed E-state index contributed by atoms with van der Waals surface area (Å²) >= 11 is 0. The number of nitrogens with zero attached hydrogens (tertiary/aromatic N) is 2. The van der Waals surface area contributed by atoms with Crippen molar-refractivity contribution in [3.8, 4) is 0 Å². The molecule has 0 aromatic carbocycles. The Labute approximate surface area is 110 Å². The molecule has 0 bridgehead atoms. The van der Waals surface area contributed by atoms with E-state index in [0.717, 1.165) is 22.7 Å². The molecule has 0 radical (unpaired) electrons. The van der Waals surface area contributed by atoms with Crippen LogP contribution in [-0.4, -0.2) is 21.2 Å². The Morgan fingerprint density at radius 3 is 2.74 bits per heavy atom. The largest absolute Gasteiger partial charge is 0.478 e. The highest BCUT2D eigenvalue weighted by atomic mass is 16.5. The standard InChI is InChI=1S/C13H15N3O3/c1-7-4-12(11(6-14-7)13(17)18)15-5-10-8(2)16-19-9(10)3/h4,6H,5H2,1-3H3,(H,14,15)(H,17,18). The van der Waals surface area contributed by atoms with Gasteiger partial charge in [0.15, 0.2) is 0 Å². The van der Waals surface area contributed by atoms with Gasteiger partial charge in [-0.2, -0.15) is 0 Å². The molecule has 0 saturated carbocycles. The molecule has 6 heteroatoms. The fraction of sp³-hybridized carbons (Fsp3) is 0.308. The number of hydrogen-bond acceptors (Lipinski definition) is 5. The summed E-state index contributed by atoms with van der Waals surface area (Å²) in [6, 6.07) is 1.71. The van der Waals surface area contributed by atoms with Gasteiger partial charge in [0.1, 0.15) is 11.3 Å². The molecule has 0 unspecified atom stereocenters. The van der Waals surface area contributed by atoms with Crippen molar-refractivity contribution in [2.24, 2.45) is 0 Å². The number of carboxylic acid groups (broad SMARTS) is 1. The molecule has 100 valence electrons. The first kappa shape index (κ1) is 13.1. The van der Waals surface area contributed by atoms with Gasteiger partial charge in [0.05, 0.1) is 11.4 Å². The van der Waals surface area contributed by atoms with Crippen molar-refractivity contribution in [3.05, 3.63) is 40.5 Å². The third kappa shape index (κ3) is 2.73. The molecule has 0 atom stereocenters. The van der Waals surface area contributed by atoms with Crippen molar-refractivity contribution >= 4 is 11.7 Å². The topological polar surface area (TPSA) is 88.2 Å². The summed E-state index contributed by atoms with van der Waals surface area (Å²) < 4.78 is 5.07. The lowest BCUT2D eigenvalue weighted by molar-refractivity contribution is 0.0697. The van der Waals surface area contributed by atoms with Crippen LogP contribution in [-0.2, 0) is 6.54 Å². The molecule has 2 heterocycles. The minimum atomic E-state index is -1.01. The first-order chi connectivity index (χ1) is 8.99. The highest BCUT2D eigenvalue weighted by Gasteiger charge is 2.13. The maximum Gasteiger partial charge on any atom is 0.339 e. The summed E-state index contributed by atoms with van der Waals surface area (Å²) in [5, 5.41) is 16.1. The number of aromatic carboxylic acids is 1. The second-order valence-corrected chi connectivity index (χ2v) is 4.33. The molecule has 0 fully saturated rings. The van der Waals surface area contributed by atoms with Crippen molar-refractivity contribution in [2.45, 2.75) is 27.3 Å². The van der Waals surface area contributed by atoms with E-state index in [2.05, 4.69) is 15.5 Å². The van der Waals surface area contributed by atoms with E-state index in [1.54, 1.807) is 6.07 Å². The van der Waals surface area contributed by atoms with Crippen LogP contribution in [0.4, 0.5) is 5.69 Å². The Morgan fingerprint density at radius 1 is 1.42 bits per heavy atom. The normalized spacial score (nSPS) is 10.5. The van der Waals surface area contributed by atoms with E-state index >= 15 is 0 Å². The van der Waals surface area contributed by atoms with Crippen molar-refractivity contribution < 1.29 is 14.4 Å². The average Bonchev–Trinajstić information content (AvgIpc) is 2.66. The third-order valence-corrected chi connectivity index (χ3v) is 2.91. The molecule has 2 aromatic rings. The highest BCUT2D eigenvalue weighted by Crippen LogP contribution is 2.19. The quantitative estimate of drug-likeness (QED) is 0.878. The van der Waals surface area contributed by atoms with Crippen LogP contribution in [0.5, 0.6) is 0 Å². The van der Waals surface area contributed by atoms with E-state index in [9.17, 15) is 4.79 Å². The highest BCUT2D eigenvalue weighted by molar-refractivity contribution is 5.93. The van der Waals surface area contributed by atoms with Crippen LogP contribution in [0.1, 0.15) is 33.1 Å². The van der Waals surface area contributed by atoms with Crippen LogP contribution in [0.25, 0.3) is 0 Å². The molecule has 19 heavy (non-hydrogen) atoms. The van der Waals surface area contributed by atoms with Gasteiger partial charge in [-0.3, -0.25) is 4.98 Å². The van der Waals surface area contributed by atoms with Crippen LogP contribution in [0, 0.1) is 20.8 Å². The van der Waals surface area contributed by atoms with Crippen LogP contribution >= 0.6 is 0 Å². The van der Waals surface area contributed by atoms with Gasteiger partial charge in [-0.1, -0.05) is 5.16 Å². The van der Waals surface area contributed by atoms with Crippen molar-refractivity contribution in [1.82, 2.24) is 10.1 Å². The lowest BCUT2D eigenvalue weighted by Crippen LogP contribution is -2.08. The van der Waals surface area contributed by atoms with E-state index < -0.39 is 5.97 Å². The summed E-state index contributed by atoms with van der Waals surface area (Å²) in [6.07, 6.45) is 1.35. The number of carboxylic acids is 1. The van der Waals surface area contributed by atoms with Gasteiger partial charge in [-0.15, -0.1) is 0 Å². The number of nitrogens with one attached hydrogen (secondary N) is 1. The Bertz CT molecular complexity index is 600. The van der Waals surface area contributed by atoms with Gasteiger partial charge in [-0.25, -0.2) is 4.79 Å². The van der Waals surface area contributed by atoms with E-state index in [-0.39, 0.29) is 5.56 Å². The molecule has 6 nitrogen and oxygen atoms in total. The van der Waals surface area contributed by atoms with E-state index in [4.69, 9.17) is 9.63 Å². The van der Waals surface area contributed by atoms with Gasteiger partial charge < -0.3 is 14.9 Å². The van der Waals surface area contributed by atoms with Crippen LogP contribution in [0.15, 0.2) is 16.8 Å². The fourth-order valence-corrected chi connectivity index (χ4v) is 1.81. The van der Waals surface area contributed by atoms with E-state index in [1.807, 2.05) is 20.8 Å². The van der Waals surface area contributed by atoms with Crippen LogP contribution < -0.4 is 5.32 Å². The van der Waals surface area contributed by atoms with Gasteiger partial charge in [0, 0.05) is 24.0 Å². The van der Waals surface area contributed by atoms with Gasteiger partial charge >= 0.3 is 5.97 Å². The minimum Gasteiger partial charge on any atom is -0.478 e. The van der Waals surface area contributed by atoms with Crippen LogP contribution in [0.3, 0.4) is 0 Å². The van der Waals surface area contributed by atoms with Crippen molar-refractivity contribution in [3.63, 3.8) is 0 Å². The molecular weight excluding hydrogens is 246 g/mol. The van der Waals surface area contributed by atoms with Gasteiger partial charge in [0.2, 0.25) is 0 Å². The fourth-order valence-electron chi connectivity index (χ4n) is 1.81. The zero-order valence-corrected chi connectivity index (χ0v) is 11.0. The summed E-state index contributed by atoms with van der Waals surface area (Å²) in [7, 11) is 0. The Kier molecular flexibility index (Phi) is 3.50. The summed E-state index contributed by atoms with van der Waals surface area (Å²) in [6.45, 7) is 5.95. The zero-order valence-electron chi connectivity index (χ0n) is 11.0. The molecular formula is C13H15N3O3. The number of aromatic nitrogens is 2. The Hall–Kier alpha value is -2.37. The summed E-state index contributed by atoms with van der Waals surface area (Å²) in [5.74, 6) is -0.276. The second kappa shape index (κ2) is 5.09. The van der Waals surface area contributed by atoms with E-state index in [1.165, 1.54) is 6.20 Å². The number of hydrogen-bond donors (Lipinski definition) is 2. The lowest BCUT2D eigenvalue weighted by atomic mass is 10.1. The molecule has 2 rings (SSSR count). The molecule has 2 N–H and O–H groups in total. The lowest BCUT2D eigenvalue weighted by Gasteiger charge is -2.09.